The van der Waals surface area contributed by atoms with Gasteiger partial charge in [-0.15, -0.1) is 35.3 Å². The summed E-state index contributed by atoms with van der Waals surface area (Å²) in [4.78, 5) is 8.31. The van der Waals surface area contributed by atoms with Crippen LogP contribution in [0.25, 0.3) is 0 Å². The molecule has 1 aliphatic heterocycles. The van der Waals surface area contributed by atoms with Crippen molar-refractivity contribution >= 4 is 41.3 Å². The number of nitrogens with zero attached hydrogens (tertiary/aromatic N) is 2. The molecule has 4 nitrogen and oxygen atoms in total. The molecule has 2 N–H and O–H groups in total. The van der Waals surface area contributed by atoms with Crippen molar-refractivity contribution < 1.29 is 13.2 Å². The van der Waals surface area contributed by atoms with E-state index in [0.717, 1.165) is 32.5 Å². The number of thiophene rings is 1. The van der Waals surface area contributed by atoms with E-state index in [0.29, 0.717) is 25.0 Å². The van der Waals surface area contributed by atoms with E-state index in [1.165, 1.54) is 4.88 Å². The number of piperidine rings is 1. The van der Waals surface area contributed by atoms with Crippen LogP contribution in [0.5, 0.6) is 0 Å². The molecule has 0 aromatic carbocycles. The van der Waals surface area contributed by atoms with Gasteiger partial charge in [-0.2, -0.15) is 13.2 Å². The van der Waals surface area contributed by atoms with Gasteiger partial charge in [-0.25, -0.2) is 0 Å². The van der Waals surface area contributed by atoms with Crippen LogP contribution in [0.15, 0.2) is 22.5 Å². The summed E-state index contributed by atoms with van der Waals surface area (Å²) in [7, 11) is 0. The van der Waals surface area contributed by atoms with Crippen LogP contribution in [-0.4, -0.2) is 49.8 Å². The van der Waals surface area contributed by atoms with Crippen molar-refractivity contribution in [1.82, 2.24) is 15.5 Å². The fourth-order valence-corrected chi connectivity index (χ4v) is 3.58. The summed E-state index contributed by atoms with van der Waals surface area (Å²) in [5.41, 5.74) is 0. The molecule has 0 aliphatic carbocycles. The van der Waals surface area contributed by atoms with E-state index >= 15 is 0 Å². The van der Waals surface area contributed by atoms with Crippen LogP contribution in [0, 0.1) is 5.92 Å². The minimum absolute atomic E-state index is 0. The maximum atomic E-state index is 12.2. The molecule has 1 aromatic heterocycles. The van der Waals surface area contributed by atoms with Gasteiger partial charge in [0.2, 0.25) is 0 Å². The summed E-state index contributed by atoms with van der Waals surface area (Å²) in [6.45, 7) is 6.17. The van der Waals surface area contributed by atoms with Crippen LogP contribution < -0.4 is 10.6 Å². The van der Waals surface area contributed by atoms with Crippen LogP contribution >= 0.6 is 35.3 Å². The minimum atomic E-state index is -4.14. The normalized spacial score (nSPS) is 17.0. The van der Waals surface area contributed by atoms with Crippen LogP contribution in [-0.2, 0) is 6.54 Å². The van der Waals surface area contributed by atoms with Crippen molar-refractivity contribution in [2.75, 3.05) is 32.7 Å². The van der Waals surface area contributed by atoms with E-state index in [9.17, 15) is 13.2 Å². The number of aliphatic imine (C=N–C) groups is 1. The highest BCUT2D eigenvalue weighted by atomic mass is 127. The summed E-state index contributed by atoms with van der Waals surface area (Å²) >= 11 is 1.79. The number of hydrogen-bond donors (Lipinski definition) is 2. The van der Waals surface area contributed by atoms with Gasteiger partial charge >= 0.3 is 6.18 Å². The van der Waals surface area contributed by atoms with Gasteiger partial charge in [-0.05, 0) is 50.2 Å². The van der Waals surface area contributed by atoms with Gasteiger partial charge in [0.25, 0.3) is 0 Å². The largest absolute Gasteiger partial charge is 0.390 e. The second-order valence-electron chi connectivity index (χ2n) is 6.31. The molecular weight excluding hydrogens is 476 g/mol. The maximum absolute atomic E-state index is 12.2. The van der Waals surface area contributed by atoms with Crippen molar-refractivity contribution in [3.63, 3.8) is 0 Å². The summed E-state index contributed by atoms with van der Waals surface area (Å²) in [6, 6.07) is 4.24. The predicted molar refractivity (Wildman–Crippen MR) is 112 cm³/mol. The van der Waals surface area contributed by atoms with E-state index < -0.39 is 12.6 Å². The van der Waals surface area contributed by atoms with E-state index in [1.807, 2.05) is 6.92 Å². The van der Waals surface area contributed by atoms with Crippen LogP contribution in [0.1, 0.15) is 31.1 Å². The molecule has 1 aliphatic rings. The standard InChI is InChI=1S/C17H27F3N4S.HI/c1-2-21-16(22-8-7-17(18,19)20)23-12-14-5-9-24(10-6-14)13-15-4-3-11-25-15;/h3-4,11,14H,2,5-10,12-13H2,1H3,(H2,21,22,23);1H. The first-order valence-electron chi connectivity index (χ1n) is 8.80. The monoisotopic (exact) mass is 504 g/mol. The Morgan fingerprint density at radius 2 is 2.04 bits per heavy atom. The predicted octanol–water partition coefficient (Wildman–Crippen LogP) is 4.09. The summed E-state index contributed by atoms with van der Waals surface area (Å²) in [5.74, 6) is 0.977. The Kier molecular flexibility index (Phi) is 10.9. The smallest absolute Gasteiger partial charge is 0.357 e. The van der Waals surface area contributed by atoms with Crippen molar-refractivity contribution in [2.24, 2.45) is 10.9 Å². The number of nitrogens with one attached hydrogen (secondary N) is 2. The fraction of sp³-hybridized carbons (Fsp3) is 0.706. The van der Waals surface area contributed by atoms with Crippen molar-refractivity contribution in [2.45, 2.75) is 38.9 Å². The molecule has 1 saturated heterocycles. The highest BCUT2D eigenvalue weighted by Crippen LogP contribution is 2.21. The lowest BCUT2D eigenvalue weighted by Crippen LogP contribution is -2.40. The molecule has 1 aromatic rings. The summed E-state index contributed by atoms with van der Waals surface area (Å²) in [6.07, 6.45) is -2.83. The maximum Gasteiger partial charge on any atom is 0.390 e. The number of halogens is 4. The molecule has 0 saturated carbocycles. The lowest BCUT2D eigenvalue weighted by Gasteiger charge is -2.31. The number of rotatable bonds is 7. The van der Waals surface area contributed by atoms with E-state index in [1.54, 1.807) is 11.3 Å². The zero-order valence-corrected chi connectivity index (χ0v) is 18.2. The molecule has 0 amide bonds. The molecule has 0 radical (unpaired) electrons. The zero-order valence-electron chi connectivity index (χ0n) is 15.0. The quantitative estimate of drug-likeness (QED) is 0.334. The number of likely N-dealkylation sites (tertiary alicyclic amines) is 1. The third-order valence-corrected chi connectivity index (χ3v) is 5.08. The van der Waals surface area contributed by atoms with Gasteiger partial charge in [0.05, 0.1) is 6.42 Å². The van der Waals surface area contributed by atoms with Gasteiger partial charge in [0.15, 0.2) is 5.96 Å². The summed E-state index contributed by atoms with van der Waals surface area (Å²) < 4.78 is 36.7. The van der Waals surface area contributed by atoms with Gasteiger partial charge in [0, 0.05) is 31.1 Å². The van der Waals surface area contributed by atoms with Gasteiger partial charge in [-0.1, -0.05) is 6.07 Å². The first-order valence-corrected chi connectivity index (χ1v) is 9.68. The SMILES string of the molecule is CCNC(=NCC1CCN(Cc2cccs2)CC1)NCCC(F)(F)F.I. The Bertz CT molecular complexity index is 515. The molecule has 0 unspecified atom stereocenters. The molecule has 26 heavy (non-hydrogen) atoms. The Morgan fingerprint density at radius 3 is 2.62 bits per heavy atom. The zero-order chi connectivity index (χ0) is 18.1. The molecule has 2 rings (SSSR count). The second kappa shape index (κ2) is 12.0. The topological polar surface area (TPSA) is 39.7 Å². The molecule has 150 valence electrons. The highest BCUT2D eigenvalue weighted by Gasteiger charge is 2.26. The van der Waals surface area contributed by atoms with Crippen LogP contribution in [0.3, 0.4) is 0 Å². The molecular formula is C17H28F3IN4S. The number of alkyl halides is 3. The lowest BCUT2D eigenvalue weighted by atomic mass is 9.97. The molecule has 0 bridgehead atoms. The van der Waals surface area contributed by atoms with Gasteiger partial charge in [0.1, 0.15) is 0 Å². The second-order valence-corrected chi connectivity index (χ2v) is 7.34. The molecule has 2 heterocycles. The average molecular weight is 504 g/mol. The van der Waals surface area contributed by atoms with Gasteiger partial charge < -0.3 is 10.6 Å². The van der Waals surface area contributed by atoms with Crippen LogP contribution in [0.4, 0.5) is 13.2 Å². The molecule has 9 heteroatoms. The number of guanidine groups is 1. The molecule has 1 fully saturated rings. The third kappa shape index (κ3) is 9.40. The first kappa shape index (κ1) is 23.5. The van der Waals surface area contributed by atoms with E-state index in [4.69, 9.17) is 0 Å². The highest BCUT2D eigenvalue weighted by molar-refractivity contribution is 14.0. The van der Waals surface area contributed by atoms with Gasteiger partial charge in [-0.3, -0.25) is 9.89 Å². The molecule has 0 spiro atoms. The van der Waals surface area contributed by atoms with E-state index in [-0.39, 0.29) is 30.5 Å². The first-order chi connectivity index (χ1) is 12.0. The molecule has 0 atom stereocenters. The Morgan fingerprint density at radius 1 is 1.31 bits per heavy atom. The number of hydrogen-bond acceptors (Lipinski definition) is 3. The van der Waals surface area contributed by atoms with Crippen molar-refractivity contribution in [1.29, 1.82) is 0 Å². The lowest BCUT2D eigenvalue weighted by molar-refractivity contribution is -0.132. The van der Waals surface area contributed by atoms with Crippen molar-refractivity contribution in [3.05, 3.63) is 22.4 Å². The summed E-state index contributed by atoms with van der Waals surface area (Å²) in [5, 5.41) is 7.88. The average Bonchev–Trinajstić information content (AvgIpc) is 3.06. The third-order valence-electron chi connectivity index (χ3n) is 4.22. The Labute approximate surface area is 174 Å². The minimum Gasteiger partial charge on any atom is -0.357 e. The fourth-order valence-electron chi connectivity index (χ4n) is 2.83. The Balaban J connectivity index is 0.00000338. The van der Waals surface area contributed by atoms with E-state index in [2.05, 4.69) is 38.0 Å². The Hall–Kier alpha value is -0.550. The van der Waals surface area contributed by atoms with Crippen LogP contribution in [0.2, 0.25) is 0 Å². The van der Waals surface area contributed by atoms with Crippen molar-refractivity contribution in [3.8, 4) is 0 Å².